The third-order valence-corrected chi connectivity index (χ3v) is 4.93. The van der Waals surface area contributed by atoms with E-state index in [0.29, 0.717) is 10.7 Å². The molecule has 8 nitrogen and oxygen atoms in total. The number of rotatable bonds is 6. The zero-order valence-corrected chi connectivity index (χ0v) is 15.6. The SMILES string of the molecule is CSc1ncccc1C(=O)O[C@H](C)C(=O)Nc1ccc(S(N)(=O)=O)cc1. The van der Waals surface area contributed by atoms with Crippen molar-refractivity contribution in [1.29, 1.82) is 0 Å². The van der Waals surface area contributed by atoms with Gasteiger partial charge in [0.25, 0.3) is 5.91 Å². The highest BCUT2D eigenvalue weighted by Crippen LogP contribution is 2.19. The lowest BCUT2D eigenvalue weighted by Crippen LogP contribution is -2.30. The molecule has 138 valence electrons. The van der Waals surface area contributed by atoms with Gasteiger partial charge < -0.3 is 10.1 Å². The number of hydrogen-bond acceptors (Lipinski definition) is 7. The van der Waals surface area contributed by atoms with Crippen molar-refractivity contribution < 1.29 is 22.7 Å². The average molecular weight is 395 g/mol. The summed E-state index contributed by atoms with van der Waals surface area (Å²) in [6.45, 7) is 1.43. The van der Waals surface area contributed by atoms with Crippen molar-refractivity contribution in [1.82, 2.24) is 4.98 Å². The highest BCUT2D eigenvalue weighted by atomic mass is 32.2. The first-order valence-corrected chi connectivity index (χ1v) is 10.1. The zero-order chi connectivity index (χ0) is 19.3. The summed E-state index contributed by atoms with van der Waals surface area (Å²) in [4.78, 5) is 28.4. The van der Waals surface area contributed by atoms with Crippen molar-refractivity contribution in [2.24, 2.45) is 5.14 Å². The molecule has 1 aromatic carbocycles. The smallest absolute Gasteiger partial charge is 0.341 e. The quantitative estimate of drug-likeness (QED) is 0.562. The molecular weight excluding hydrogens is 378 g/mol. The van der Waals surface area contributed by atoms with E-state index in [1.165, 1.54) is 43.0 Å². The fourth-order valence-electron chi connectivity index (χ4n) is 1.96. The van der Waals surface area contributed by atoms with E-state index in [4.69, 9.17) is 9.88 Å². The van der Waals surface area contributed by atoms with Crippen molar-refractivity contribution in [2.75, 3.05) is 11.6 Å². The number of anilines is 1. The Labute approximate surface area is 155 Å². The Bertz CT molecular complexity index is 914. The molecule has 2 aromatic rings. The molecule has 0 aliphatic carbocycles. The molecule has 26 heavy (non-hydrogen) atoms. The number of ether oxygens (including phenoxy) is 1. The number of benzene rings is 1. The summed E-state index contributed by atoms with van der Waals surface area (Å²) in [5.74, 6) is -1.22. The van der Waals surface area contributed by atoms with Gasteiger partial charge in [0.2, 0.25) is 10.0 Å². The number of pyridine rings is 1. The second kappa shape index (κ2) is 8.30. The number of nitrogens with one attached hydrogen (secondary N) is 1. The average Bonchev–Trinajstić information content (AvgIpc) is 2.61. The van der Waals surface area contributed by atoms with E-state index in [9.17, 15) is 18.0 Å². The minimum Gasteiger partial charge on any atom is -0.449 e. The fraction of sp³-hybridized carbons (Fsp3) is 0.188. The topological polar surface area (TPSA) is 128 Å². The highest BCUT2D eigenvalue weighted by Gasteiger charge is 2.21. The summed E-state index contributed by atoms with van der Waals surface area (Å²) < 4.78 is 27.6. The van der Waals surface area contributed by atoms with E-state index in [0.717, 1.165) is 0 Å². The third kappa shape index (κ3) is 5.04. The molecule has 10 heteroatoms. The van der Waals surface area contributed by atoms with Gasteiger partial charge in [-0.2, -0.15) is 0 Å². The molecule has 0 saturated carbocycles. The van der Waals surface area contributed by atoms with E-state index >= 15 is 0 Å². The highest BCUT2D eigenvalue weighted by molar-refractivity contribution is 7.98. The Morgan fingerprint density at radius 3 is 2.46 bits per heavy atom. The van der Waals surface area contributed by atoms with Crippen LogP contribution in [0.3, 0.4) is 0 Å². The molecule has 2 rings (SSSR count). The van der Waals surface area contributed by atoms with Gasteiger partial charge in [0, 0.05) is 11.9 Å². The first kappa shape index (κ1) is 19.9. The Morgan fingerprint density at radius 2 is 1.88 bits per heavy atom. The Kier molecular flexibility index (Phi) is 6.35. The van der Waals surface area contributed by atoms with Crippen molar-refractivity contribution in [3.05, 3.63) is 48.2 Å². The van der Waals surface area contributed by atoms with Crippen LogP contribution in [0.15, 0.2) is 52.5 Å². The van der Waals surface area contributed by atoms with Crippen molar-refractivity contribution >= 4 is 39.3 Å². The minimum atomic E-state index is -3.81. The molecule has 0 radical (unpaired) electrons. The van der Waals surface area contributed by atoms with Gasteiger partial charge in [0.05, 0.1) is 10.5 Å². The lowest BCUT2D eigenvalue weighted by atomic mass is 10.2. The van der Waals surface area contributed by atoms with E-state index in [2.05, 4.69) is 10.3 Å². The van der Waals surface area contributed by atoms with Gasteiger partial charge in [-0.05, 0) is 49.6 Å². The van der Waals surface area contributed by atoms with Crippen LogP contribution in [0.4, 0.5) is 5.69 Å². The summed E-state index contributed by atoms with van der Waals surface area (Å²) in [6, 6.07) is 8.48. The summed E-state index contributed by atoms with van der Waals surface area (Å²) >= 11 is 1.29. The van der Waals surface area contributed by atoms with Gasteiger partial charge >= 0.3 is 5.97 Å². The number of sulfonamides is 1. The molecule has 1 atom stereocenters. The molecule has 0 aliphatic heterocycles. The van der Waals surface area contributed by atoms with Gasteiger partial charge in [0.15, 0.2) is 6.10 Å². The predicted octanol–water partition coefficient (Wildman–Crippen LogP) is 1.63. The van der Waals surface area contributed by atoms with Crippen LogP contribution in [0, 0.1) is 0 Å². The van der Waals surface area contributed by atoms with Crippen molar-refractivity contribution in [3.63, 3.8) is 0 Å². The maximum atomic E-state index is 12.2. The second-order valence-electron chi connectivity index (χ2n) is 5.17. The molecular formula is C16H17N3O5S2. The molecule has 0 aliphatic rings. The number of carbonyl (C=O) groups excluding carboxylic acids is 2. The first-order chi connectivity index (χ1) is 12.2. The Hall–Kier alpha value is -2.43. The summed E-state index contributed by atoms with van der Waals surface area (Å²) in [7, 11) is -3.81. The summed E-state index contributed by atoms with van der Waals surface area (Å²) in [5, 5.41) is 8.05. The van der Waals surface area contributed by atoms with Crippen LogP contribution in [0.25, 0.3) is 0 Å². The van der Waals surface area contributed by atoms with Crippen LogP contribution in [-0.2, 0) is 19.6 Å². The number of carbonyl (C=O) groups is 2. The maximum Gasteiger partial charge on any atom is 0.341 e. The number of hydrogen-bond donors (Lipinski definition) is 2. The van der Waals surface area contributed by atoms with E-state index in [1.54, 1.807) is 24.6 Å². The van der Waals surface area contributed by atoms with Crippen molar-refractivity contribution in [3.8, 4) is 0 Å². The molecule has 1 heterocycles. The van der Waals surface area contributed by atoms with Gasteiger partial charge in [-0.25, -0.2) is 23.3 Å². The molecule has 1 aromatic heterocycles. The van der Waals surface area contributed by atoms with Crippen LogP contribution in [-0.4, -0.2) is 37.6 Å². The predicted molar refractivity (Wildman–Crippen MR) is 97.3 cm³/mol. The third-order valence-electron chi connectivity index (χ3n) is 3.29. The van der Waals surface area contributed by atoms with Crippen LogP contribution < -0.4 is 10.5 Å². The normalized spacial score (nSPS) is 12.3. The fourth-order valence-corrected chi connectivity index (χ4v) is 3.01. The van der Waals surface area contributed by atoms with Gasteiger partial charge in [-0.3, -0.25) is 4.79 Å². The molecule has 1 amide bonds. The molecule has 0 saturated heterocycles. The molecule has 0 fully saturated rings. The van der Waals surface area contributed by atoms with Crippen LogP contribution in [0.1, 0.15) is 17.3 Å². The lowest BCUT2D eigenvalue weighted by Gasteiger charge is -2.14. The lowest BCUT2D eigenvalue weighted by molar-refractivity contribution is -0.123. The number of esters is 1. The van der Waals surface area contributed by atoms with Gasteiger partial charge in [-0.1, -0.05) is 0 Å². The largest absolute Gasteiger partial charge is 0.449 e. The molecule has 0 spiro atoms. The Balaban J connectivity index is 2.02. The molecule has 3 N–H and O–H groups in total. The number of nitrogens with two attached hydrogens (primary N) is 1. The summed E-state index contributed by atoms with van der Waals surface area (Å²) in [6.07, 6.45) is 2.28. The first-order valence-electron chi connectivity index (χ1n) is 7.36. The van der Waals surface area contributed by atoms with Crippen LogP contribution >= 0.6 is 11.8 Å². The van der Waals surface area contributed by atoms with Gasteiger partial charge in [0.1, 0.15) is 5.03 Å². The number of amides is 1. The van der Waals surface area contributed by atoms with Gasteiger partial charge in [-0.15, -0.1) is 11.8 Å². The second-order valence-corrected chi connectivity index (χ2v) is 7.52. The minimum absolute atomic E-state index is 0.0730. The number of nitrogens with zero attached hydrogens (tertiary/aromatic N) is 1. The molecule has 0 unspecified atom stereocenters. The number of primary sulfonamides is 1. The van der Waals surface area contributed by atoms with E-state index in [1.807, 2.05) is 0 Å². The van der Waals surface area contributed by atoms with Crippen LogP contribution in [0.2, 0.25) is 0 Å². The zero-order valence-electron chi connectivity index (χ0n) is 14.0. The van der Waals surface area contributed by atoms with Crippen LogP contribution in [0.5, 0.6) is 0 Å². The molecule has 0 bridgehead atoms. The van der Waals surface area contributed by atoms with Crippen molar-refractivity contribution in [2.45, 2.75) is 22.9 Å². The number of thioether (sulfide) groups is 1. The van der Waals surface area contributed by atoms with E-state index in [-0.39, 0.29) is 10.5 Å². The standard InChI is InChI=1S/C16H17N3O5S2/c1-10(24-16(21)13-4-3-9-18-15(13)25-2)14(20)19-11-5-7-12(8-6-11)26(17,22)23/h3-10H,1-2H3,(H,19,20)(H2,17,22,23)/t10-/m1/s1. The van der Waals surface area contributed by atoms with E-state index < -0.39 is 28.0 Å². The number of aromatic nitrogens is 1. The monoisotopic (exact) mass is 395 g/mol. The summed E-state index contributed by atoms with van der Waals surface area (Å²) in [5.41, 5.74) is 0.619. The Morgan fingerprint density at radius 1 is 1.23 bits per heavy atom. The maximum absolute atomic E-state index is 12.2.